The molecular weight excluding hydrogens is 306 g/mol. The second-order valence-electron chi connectivity index (χ2n) is 5.91. The number of carbonyl (C=O) groups is 2. The van der Waals surface area contributed by atoms with Crippen LogP contribution in [0.2, 0.25) is 0 Å². The molecule has 2 heterocycles. The lowest BCUT2D eigenvalue weighted by Gasteiger charge is -2.32. The Morgan fingerprint density at radius 3 is 2.58 bits per heavy atom. The molecule has 1 saturated heterocycles. The number of hydrogen-bond donors (Lipinski definition) is 0. The first kappa shape index (κ1) is 16.2. The van der Waals surface area contributed by atoms with Gasteiger partial charge in [-0.3, -0.25) is 9.59 Å². The molecule has 1 aliphatic heterocycles. The van der Waals surface area contributed by atoms with Crippen molar-refractivity contribution in [2.75, 3.05) is 26.2 Å². The number of amides is 2. The van der Waals surface area contributed by atoms with Crippen molar-refractivity contribution < 1.29 is 14.0 Å². The van der Waals surface area contributed by atoms with Gasteiger partial charge in [-0.2, -0.15) is 0 Å². The Bertz CT molecular complexity index is 704. The lowest BCUT2D eigenvalue weighted by atomic mass is 10.2. The van der Waals surface area contributed by atoms with Gasteiger partial charge in [0.1, 0.15) is 5.76 Å². The minimum Gasteiger partial charge on any atom is -0.441 e. The van der Waals surface area contributed by atoms with E-state index in [1.54, 1.807) is 4.90 Å². The first-order valence-electron chi connectivity index (χ1n) is 8.16. The van der Waals surface area contributed by atoms with Crippen molar-refractivity contribution in [3.8, 4) is 11.5 Å². The maximum atomic E-state index is 12.3. The van der Waals surface area contributed by atoms with Gasteiger partial charge in [-0.1, -0.05) is 18.2 Å². The van der Waals surface area contributed by atoms with Gasteiger partial charge in [-0.15, -0.1) is 0 Å². The van der Waals surface area contributed by atoms with Crippen molar-refractivity contribution in [3.05, 3.63) is 41.8 Å². The number of benzene rings is 1. The molecule has 0 N–H and O–H groups in total. The number of rotatable bonds is 5. The number of aryl methyl sites for hydroxylation is 2. The lowest BCUT2D eigenvalue weighted by molar-refractivity contribution is -0.135. The maximum Gasteiger partial charge on any atom is 0.226 e. The molecule has 0 atom stereocenters. The Morgan fingerprint density at radius 2 is 1.92 bits per heavy atom. The molecule has 24 heavy (non-hydrogen) atoms. The molecule has 2 aromatic rings. The summed E-state index contributed by atoms with van der Waals surface area (Å²) >= 11 is 0. The molecule has 2 amide bonds. The van der Waals surface area contributed by atoms with Crippen LogP contribution >= 0.6 is 0 Å². The standard InChI is InChI=1S/C18H21N3O3/c1-14-16(19-18(24-14)15-5-3-2-4-6-15)7-8-17(23)21-11-9-20(13-22)10-12-21/h2-6,13H,7-12H2,1H3. The smallest absolute Gasteiger partial charge is 0.226 e. The fourth-order valence-electron chi connectivity index (χ4n) is 2.82. The van der Waals surface area contributed by atoms with Gasteiger partial charge < -0.3 is 14.2 Å². The molecule has 1 fully saturated rings. The summed E-state index contributed by atoms with van der Waals surface area (Å²) in [6.45, 7) is 4.30. The van der Waals surface area contributed by atoms with E-state index < -0.39 is 0 Å². The number of hydrogen-bond acceptors (Lipinski definition) is 4. The summed E-state index contributed by atoms with van der Waals surface area (Å²) in [5.41, 5.74) is 1.76. The van der Waals surface area contributed by atoms with Crippen LogP contribution in [0.5, 0.6) is 0 Å². The highest BCUT2D eigenvalue weighted by Crippen LogP contribution is 2.22. The Labute approximate surface area is 141 Å². The molecular formula is C18H21N3O3. The predicted molar refractivity (Wildman–Crippen MR) is 89.2 cm³/mol. The third-order valence-electron chi connectivity index (χ3n) is 4.31. The van der Waals surface area contributed by atoms with Gasteiger partial charge in [0.2, 0.25) is 18.2 Å². The van der Waals surface area contributed by atoms with E-state index in [0.717, 1.165) is 23.4 Å². The van der Waals surface area contributed by atoms with Crippen LogP contribution in [0.1, 0.15) is 17.9 Å². The van der Waals surface area contributed by atoms with Crippen LogP contribution in [0.15, 0.2) is 34.7 Å². The Morgan fingerprint density at radius 1 is 1.21 bits per heavy atom. The minimum atomic E-state index is 0.101. The predicted octanol–water partition coefficient (Wildman–Crippen LogP) is 1.88. The van der Waals surface area contributed by atoms with E-state index in [1.165, 1.54) is 0 Å². The average Bonchev–Trinajstić information content (AvgIpc) is 3.01. The monoisotopic (exact) mass is 327 g/mol. The summed E-state index contributed by atoms with van der Waals surface area (Å²) < 4.78 is 5.73. The summed E-state index contributed by atoms with van der Waals surface area (Å²) in [6.07, 6.45) is 1.81. The van der Waals surface area contributed by atoms with Gasteiger partial charge in [0.15, 0.2) is 0 Å². The van der Waals surface area contributed by atoms with Crippen LogP contribution in [0, 0.1) is 6.92 Å². The zero-order chi connectivity index (χ0) is 16.9. The van der Waals surface area contributed by atoms with Gasteiger partial charge in [-0.05, 0) is 19.1 Å². The van der Waals surface area contributed by atoms with E-state index in [-0.39, 0.29) is 5.91 Å². The summed E-state index contributed by atoms with van der Waals surface area (Å²) in [5.74, 6) is 1.45. The number of aromatic nitrogens is 1. The molecule has 0 saturated carbocycles. The number of nitrogens with zero attached hydrogens (tertiary/aromatic N) is 3. The van der Waals surface area contributed by atoms with Crippen LogP contribution < -0.4 is 0 Å². The van der Waals surface area contributed by atoms with Gasteiger partial charge in [0, 0.05) is 44.6 Å². The molecule has 1 aliphatic rings. The minimum absolute atomic E-state index is 0.101. The van der Waals surface area contributed by atoms with Crippen molar-refractivity contribution in [2.45, 2.75) is 19.8 Å². The summed E-state index contributed by atoms with van der Waals surface area (Å²) in [4.78, 5) is 31.1. The second kappa shape index (κ2) is 7.29. The fourth-order valence-corrected chi connectivity index (χ4v) is 2.82. The van der Waals surface area contributed by atoms with Crippen LogP contribution in [0.4, 0.5) is 0 Å². The summed E-state index contributed by atoms with van der Waals surface area (Å²) in [7, 11) is 0. The lowest BCUT2D eigenvalue weighted by Crippen LogP contribution is -2.48. The van der Waals surface area contributed by atoms with Crippen molar-refractivity contribution >= 4 is 12.3 Å². The first-order chi connectivity index (χ1) is 11.7. The van der Waals surface area contributed by atoms with Crippen LogP contribution in [0.3, 0.4) is 0 Å². The SMILES string of the molecule is Cc1oc(-c2ccccc2)nc1CCC(=O)N1CCN(C=O)CC1. The largest absolute Gasteiger partial charge is 0.441 e. The molecule has 1 aromatic carbocycles. The van der Waals surface area contributed by atoms with E-state index in [2.05, 4.69) is 4.98 Å². The van der Waals surface area contributed by atoms with E-state index in [0.29, 0.717) is 44.9 Å². The Hall–Kier alpha value is -2.63. The molecule has 6 nitrogen and oxygen atoms in total. The highest BCUT2D eigenvalue weighted by molar-refractivity contribution is 5.76. The molecule has 0 unspecified atom stereocenters. The topological polar surface area (TPSA) is 66.7 Å². The van der Waals surface area contributed by atoms with Crippen LogP contribution in [-0.2, 0) is 16.0 Å². The third kappa shape index (κ3) is 3.64. The van der Waals surface area contributed by atoms with Crippen molar-refractivity contribution in [1.29, 1.82) is 0 Å². The molecule has 3 rings (SSSR count). The quantitative estimate of drug-likeness (QED) is 0.787. The number of oxazole rings is 1. The molecule has 0 radical (unpaired) electrons. The van der Waals surface area contributed by atoms with Crippen molar-refractivity contribution in [1.82, 2.24) is 14.8 Å². The Balaban J connectivity index is 1.58. The zero-order valence-electron chi connectivity index (χ0n) is 13.8. The van der Waals surface area contributed by atoms with Crippen molar-refractivity contribution in [2.24, 2.45) is 0 Å². The maximum absolute atomic E-state index is 12.3. The van der Waals surface area contributed by atoms with Crippen LogP contribution in [-0.4, -0.2) is 53.3 Å². The van der Waals surface area contributed by atoms with Crippen molar-refractivity contribution in [3.63, 3.8) is 0 Å². The molecule has 126 valence electrons. The highest BCUT2D eigenvalue weighted by atomic mass is 16.4. The van der Waals surface area contributed by atoms with E-state index in [4.69, 9.17) is 4.42 Å². The van der Waals surface area contributed by atoms with Gasteiger partial charge in [0.05, 0.1) is 5.69 Å². The highest BCUT2D eigenvalue weighted by Gasteiger charge is 2.21. The molecule has 1 aromatic heterocycles. The van der Waals surface area contributed by atoms with Gasteiger partial charge in [-0.25, -0.2) is 4.98 Å². The van der Waals surface area contributed by atoms with E-state index in [1.807, 2.05) is 42.2 Å². The second-order valence-corrected chi connectivity index (χ2v) is 5.91. The van der Waals surface area contributed by atoms with Gasteiger partial charge >= 0.3 is 0 Å². The Kier molecular flexibility index (Phi) is 4.93. The summed E-state index contributed by atoms with van der Waals surface area (Å²) in [5, 5.41) is 0. The first-order valence-corrected chi connectivity index (χ1v) is 8.16. The van der Waals surface area contributed by atoms with Gasteiger partial charge in [0.25, 0.3) is 0 Å². The van der Waals surface area contributed by atoms with E-state index in [9.17, 15) is 9.59 Å². The van der Waals surface area contributed by atoms with E-state index >= 15 is 0 Å². The fraction of sp³-hybridized carbons (Fsp3) is 0.389. The third-order valence-corrected chi connectivity index (χ3v) is 4.31. The normalized spacial score (nSPS) is 14.7. The summed E-state index contributed by atoms with van der Waals surface area (Å²) in [6, 6.07) is 9.73. The van der Waals surface area contributed by atoms with Crippen LogP contribution in [0.25, 0.3) is 11.5 Å². The average molecular weight is 327 g/mol. The molecule has 0 bridgehead atoms. The molecule has 0 spiro atoms. The number of carbonyl (C=O) groups excluding carboxylic acids is 2. The molecule has 6 heteroatoms. The number of piperazine rings is 1. The zero-order valence-corrected chi connectivity index (χ0v) is 13.8. The molecule has 0 aliphatic carbocycles.